The van der Waals surface area contributed by atoms with Gasteiger partial charge in [-0.25, -0.2) is 4.79 Å². The first kappa shape index (κ1) is 22.5. The Morgan fingerprint density at radius 1 is 1.10 bits per heavy atom. The number of carboxylic acid groups (broad SMARTS) is 1. The van der Waals surface area contributed by atoms with Crippen LogP contribution in [-0.4, -0.2) is 48.1 Å². The molecule has 0 aromatic heterocycles. The third-order valence-electron chi connectivity index (χ3n) is 4.25. The molecule has 1 aliphatic heterocycles. The van der Waals surface area contributed by atoms with Crippen LogP contribution < -0.4 is 10.5 Å². The number of benzene rings is 1. The van der Waals surface area contributed by atoms with Gasteiger partial charge < -0.3 is 29.8 Å². The van der Waals surface area contributed by atoms with Crippen molar-refractivity contribution in [1.82, 2.24) is 0 Å². The molecule has 1 aromatic carbocycles. The van der Waals surface area contributed by atoms with Crippen LogP contribution in [0.3, 0.4) is 0 Å². The predicted molar refractivity (Wildman–Crippen MR) is 102 cm³/mol. The van der Waals surface area contributed by atoms with Crippen molar-refractivity contribution in [2.24, 2.45) is 0 Å². The van der Waals surface area contributed by atoms with E-state index >= 15 is 0 Å². The van der Waals surface area contributed by atoms with Gasteiger partial charge in [0.2, 0.25) is 6.29 Å². The van der Waals surface area contributed by atoms with E-state index < -0.39 is 36.4 Å². The Morgan fingerprint density at radius 3 is 2.31 bits per heavy atom. The number of carbonyl (C=O) groups is 3. The summed E-state index contributed by atoms with van der Waals surface area (Å²) in [6.45, 7) is 3.67. The Balaban J connectivity index is 2.11. The standard InChI is InChI=1S/C20H27NO8/c1-3-5-17(22)27-15-10-19(26-11-16(15)28-18(23)6-4-2)29-14-8-7-12(21)9-13(14)20(24)25/h7-9,15-16,19H,3-6,10-11,21H2,1-2H3,(H,24,25)/t15?,16-,19-/m1/s1. The smallest absolute Gasteiger partial charge is 0.339 e. The van der Waals surface area contributed by atoms with Gasteiger partial charge in [0, 0.05) is 18.5 Å². The van der Waals surface area contributed by atoms with E-state index in [0.717, 1.165) is 0 Å². The zero-order valence-electron chi connectivity index (χ0n) is 16.6. The Bertz CT molecular complexity index is 735. The van der Waals surface area contributed by atoms with E-state index in [1.165, 1.54) is 18.2 Å². The summed E-state index contributed by atoms with van der Waals surface area (Å²) in [6.07, 6.45) is -0.557. The highest BCUT2D eigenvalue weighted by atomic mass is 16.7. The van der Waals surface area contributed by atoms with Crippen LogP contribution in [0.5, 0.6) is 5.75 Å². The van der Waals surface area contributed by atoms with Gasteiger partial charge in [-0.2, -0.15) is 0 Å². The van der Waals surface area contributed by atoms with Crippen LogP contribution in [0.15, 0.2) is 18.2 Å². The quantitative estimate of drug-likeness (QED) is 0.466. The largest absolute Gasteiger partial charge is 0.478 e. The third kappa shape index (κ3) is 6.63. The highest BCUT2D eigenvalue weighted by Gasteiger charge is 2.38. The fourth-order valence-corrected chi connectivity index (χ4v) is 2.86. The molecule has 2 rings (SSSR count). The molecule has 1 saturated heterocycles. The molecular weight excluding hydrogens is 382 g/mol. The zero-order valence-corrected chi connectivity index (χ0v) is 16.6. The molecule has 0 aliphatic carbocycles. The predicted octanol–water partition coefficient (Wildman–Crippen LogP) is 2.52. The van der Waals surface area contributed by atoms with Crippen molar-refractivity contribution in [3.8, 4) is 5.75 Å². The van der Waals surface area contributed by atoms with Crippen LogP contribution in [0.1, 0.15) is 56.3 Å². The van der Waals surface area contributed by atoms with Gasteiger partial charge in [-0.05, 0) is 31.0 Å². The van der Waals surface area contributed by atoms with E-state index in [-0.39, 0.29) is 42.9 Å². The van der Waals surface area contributed by atoms with Gasteiger partial charge >= 0.3 is 17.9 Å². The Hall–Kier alpha value is -2.81. The van der Waals surface area contributed by atoms with E-state index in [9.17, 15) is 19.5 Å². The molecule has 1 aliphatic rings. The minimum absolute atomic E-state index is 0.0401. The molecule has 3 atom stereocenters. The number of esters is 2. The second-order valence-corrected chi connectivity index (χ2v) is 6.73. The van der Waals surface area contributed by atoms with Crippen LogP contribution >= 0.6 is 0 Å². The maximum absolute atomic E-state index is 12.0. The number of nitrogens with two attached hydrogens (primary N) is 1. The highest BCUT2D eigenvalue weighted by molar-refractivity contribution is 5.92. The molecule has 9 nitrogen and oxygen atoms in total. The molecular formula is C20H27NO8. The second kappa shape index (κ2) is 10.7. The lowest BCUT2D eigenvalue weighted by Gasteiger charge is -2.35. The van der Waals surface area contributed by atoms with E-state index in [0.29, 0.717) is 12.8 Å². The maximum Gasteiger partial charge on any atom is 0.339 e. The van der Waals surface area contributed by atoms with E-state index in [1.54, 1.807) is 0 Å². The number of hydrogen-bond acceptors (Lipinski definition) is 8. The zero-order chi connectivity index (χ0) is 21.4. The lowest BCUT2D eigenvalue weighted by molar-refractivity contribution is -0.212. The molecule has 160 valence electrons. The maximum atomic E-state index is 12.0. The first-order valence-electron chi connectivity index (χ1n) is 9.64. The normalized spacial score (nSPS) is 21.2. The first-order valence-corrected chi connectivity index (χ1v) is 9.64. The van der Waals surface area contributed by atoms with Crippen LogP contribution in [-0.2, 0) is 23.8 Å². The summed E-state index contributed by atoms with van der Waals surface area (Å²) >= 11 is 0. The van der Waals surface area contributed by atoms with Gasteiger partial charge in [0.1, 0.15) is 17.4 Å². The molecule has 0 spiro atoms. The first-order chi connectivity index (χ1) is 13.8. The van der Waals surface area contributed by atoms with Gasteiger partial charge in [-0.3, -0.25) is 9.59 Å². The van der Waals surface area contributed by atoms with Gasteiger partial charge in [-0.15, -0.1) is 0 Å². The average molecular weight is 409 g/mol. The van der Waals surface area contributed by atoms with Gasteiger partial charge in [0.05, 0.1) is 13.0 Å². The highest BCUT2D eigenvalue weighted by Crippen LogP contribution is 2.27. The molecule has 29 heavy (non-hydrogen) atoms. The van der Waals surface area contributed by atoms with Crippen LogP contribution in [0, 0.1) is 0 Å². The number of nitrogen functional groups attached to an aromatic ring is 1. The molecule has 0 bridgehead atoms. The molecule has 1 heterocycles. The monoisotopic (exact) mass is 409 g/mol. The van der Waals surface area contributed by atoms with E-state index in [4.69, 9.17) is 24.7 Å². The minimum atomic E-state index is -1.19. The summed E-state index contributed by atoms with van der Waals surface area (Å²) in [7, 11) is 0. The topological polar surface area (TPSA) is 134 Å². The number of rotatable bonds is 9. The average Bonchev–Trinajstić information content (AvgIpc) is 2.65. The second-order valence-electron chi connectivity index (χ2n) is 6.73. The minimum Gasteiger partial charge on any atom is -0.478 e. The molecule has 0 radical (unpaired) electrons. The molecule has 1 aromatic rings. The Kier molecular flexibility index (Phi) is 8.26. The van der Waals surface area contributed by atoms with Crippen molar-refractivity contribution in [3.05, 3.63) is 23.8 Å². The number of carboxylic acids is 1. The van der Waals surface area contributed by atoms with Crippen molar-refractivity contribution in [2.45, 2.75) is 64.4 Å². The molecule has 0 saturated carbocycles. The van der Waals surface area contributed by atoms with Crippen LogP contribution in [0.25, 0.3) is 0 Å². The number of carbonyl (C=O) groups excluding carboxylic acids is 2. The van der Waals surface area contributed by atoms with Crippen molar-refractivity contribution in [3.63, 3.8) is 0 Å². The summed E-state index contributed by atoms with van der Waals surface area (Å²) in [5.41, 5.74) is 5.82. The van der Waals surface area contributed by atoms with Crippen molar-refractivity contribution in [2.75, 3.05) is 12.3 Å². The lowest BCUT2D eigenvalue weighted by atomic mass is 10.1. The van der Waals surface area contributed by atoms with Crippen LogP contribution in [0.4, 0.5) is 5.69 Å². The Morgan fingerprint density at radius 2 is 1.72 bits per heavy atom. The van der Waals surface area contributed by atoms with Crippen molar-refractivity contribution in [1.29, 1.82) is 0 Å². The summed E-state index contributed by atoms with van der Waals surface area (Å²) in [5.74, 6) is -1.92. The molecule has 3 N–H and O–H groups in total. The number of anilines is 1. The number of ether oxygens (including phenoxy) is 4. The molecule has 1 unspecified atom stereocenters. The summed E-state index contributed by atoms with van der Waals surface area (Å²) in [6, 6.07) is 4.24. The summed E-state index contributed by atoms with van der Waals surface area (Å²) in [4.78, 5) is 35.3. The fraction of sp³-hybridized carbons (Fsp3) is 0.550. The van der Waals surface area contributed by atoms with Gasteiger partial charge in [-0.1, -0.05) is 13.8 Å². The number of hydrogen-bond donors (Lipinski definition) is 2. The van der Waals surface area contributed by atoms with E-state index in [2.05, 4.69) is 0 Å². The van der Waals surface area contributed by atoms with Crippen molar-refractivity contribution < 1.29 is 38.4 Å². The molecule has 0 amide bonds. The summed E-state index contributed by atoms with van der Waals surface area (Å²) in [5, 5.41) is 9.34. The summed E-state index contributed by atoms with van der Waals surface area (Å²) < 4.78 is 22.1. The molecule has 9 heteroatoms. The Labute approximate surface area is 169 Å². The lowest BCUT2D eigenvalue weighted by Crippen LogP contribution is -2.47. The van der Waals surface area contributed by atoms with Crippen molar-refractivity contribution >= 4 is 23.6 Å². The SMILES string of the molecule is CCCC(=O)OC1C[C@@H](Oc2ccc(N)cc2C(=O)O)OC[C@H]1OC(=O)CCC. The fourth-order valence-electron chi connectivity index (χ4n) is 2.86. The number of aromatic carboxylic acids is 1. The molecule has 1 fully saturated rings. The van der Waals surface area contributed by atoms with Gasteiger partial charge in [0.15, 0.2) is 6.10 Å². The van der Waals surface area contributed by atoms with E-state index in [1.807, 2.05) is 13.8 Å². The van der Waals surface area contributed by atoms with Gasteiger partial charge in [0.25, 0.3) is 0 Å². The third-order valence-corrected chi connectivity index (χ3v) is 4.25. The van der Waals surface area contributed by atoms with Crippen LogP contribution in [0.2, 0.25) is 0 Å².